The molecule has 1 heterocycles. The highest BCUT2D eigenvalue weighted by molar-refractivity contribution is 5.85. The van der Waals surface area contributed by atoms with Crippen LogP contribution in [0.5, 0.6) is 0 Å². The van der Waals surface area contributed by atoms with E-state index in [0.717, 1.165) is 5.56 Å². The molecule has 0 aliphatic carbocycles. The van der Waals surface area contributed by atoms with Crippen molar-refractivity contribution in [3.05, 3.63) is 54.6 Å². The van der Waals surface area contributed by atoms with Crippen LogP contribution in [-0.4, -0.2) is 15.5 Å². The summed E-state index contributed by atoms with van der Waals surface area (Å²) < 4.78 is 7.37. The molecule has 2 aromatic rings. The molecule has 2 rings (SSSR count). The Balaban J connectivity index is 0.00000180. The Bertz CT molecular complexity index is 485. The Hall–Kier alpha value is -1.81. The van der Waals surface area contributed by atoms with Crippen molar-refractivity contribution in [2.75, 3.05) is 0 Å². The molecule has 0 radical (unpaired) electrons. The number of carbonyl (C=O) groups is 1. The number of benzene rings is 1. The van der Waals surface area contributed by atoms with Gasteiger partial charge < -0.3 is 9.30 Å². The number of rotatable bonds is 5. The highest BCUT2D eigenvalue weighted by Crippen LogP contribution is 2.20. The molecule has 0 N–H and O–H groups in total. The molecule has 4 nitrogen and oxygen atoms in total. The highest BCUT2D eigenvalue weighted by Gasteiger charge is 2.16. The third-order valence-corrected chi connectivity index (χ3v) is 2.67. The first-order valence-electron chi connectivity index (χ1n) is 5.99. The quantitative estimate of drug-likeness (QED) is 0.791. The van der Waals surface area contributed by atoms with Gasteiger partial charge in [-0.05, 0) is 5.56 Å². The lowest BCUT2D eigenvalue weighted by atomic mass is 10.1. The van der Waals surface area contributed by atoms with Crippen molar-refractivity contribution in [2.24, 2.45) is 0 Å². The van der Waals surface area contributed by atoms with E-state index >= 15 is 0 Å². The van der Waals surface area contributed by atoms with E-state index in [4.69, 9.17) is 4.74 Å². The monoisotopic (exact) mass is 280 g/mol. The fourth-order valence-electron chi connectivity index (χ4n) is 1.71. The molecule has 0 saturated carbocycles. The van der Waals surface area contributed by atoms with Crippen molar-refractivity contribution in [1.29, 1.82) is 0 Å². The van der Waals surface area contributed by atoms with Crippen molar-refractivity contribution in [2.45, 2.75) is 26.0 Å². The molecule has 0 saturated heterocycles. The predicted molar refractivity (Wildman–Crippen MR) is 75.0 cm³/mol. The number of esters is 1. The van der Waals surface area contributed by atoms with E-state index in [1.807, 2.05) is 41.1 Å². The average molecular weight is 281 g/mol. The van der Waals surface area contributed by atoms with Crippen LogP contribution < -0.4 is 0 Å². The van der Waals surface area contributed by atoms with Crippen LogP contribution in [0.15, 0.2) is 49.1 Å². The van der Waals surface area contributed by atoms with Gasteiger partial charge in [-0.25, -0.2) is 4.98 Å². The number of ether oxygens (including phenoxy) is 1. The minimum atomic E-state index is -0.271. The SMILES string of the molecule is CCC(=O)OC(Cn1ccnc1)c1ccccc1.Cl. The Morgan fingerprint density at radius 2 is 2.11 bits per heavy atom. The number of imidazole rings is 1. The van der Waals surface area contributed by atoms with E-state index in [9.17, 15) is 4.79 Å². The Morgan fingerprint density at radius 1 is 1.37 bits per heavy atom. The molecule has 0 fully saturated rings. The number of hydrogen-bond acceptors (Lipinski definition) is 3. The summed E-state index contributed by atoms with van der Waals surface area (Å²) in [6, 6.07) is 9.75. The lowest BCUT2D eigenvalue weighted by molar-refractivity contribution is -0.149. The first kappa shape index (κ1) is 15.2. The maximum Gasteiger partial charge on any atom is 0.306 e. The molecule has 1 aromatic heterocycles. The molecular weight excluding hydrogens is 264 g/mol. The zero-order valence-electron chi connectivity index (χ0n) is 10.7. The van der Waals surface area contributed by atoms with Crippen LogP contribution in [0.3, 0.4) is 0 Å². The number of halogens is 1. The van der Waals surface area contributed by atoms with Crippen molar-refractivity contribution < 1.29 is 9.53 Å². The normalized spacial score (nSPS) is 11.4. The minimum absolute atomic E-state index is 0. The summed E-state index contributed by atoms with van der Waals surface area (Å²) >= 11 is 0. The van der Waals surface area contributed by atoms with E-state index < -0.39 is 0 Å². The molecule has 0 spiro atoms. The van der Waals surface area contributed by atoms with Crippen LogP contribution in [0.1, 0.15) is 25.0 Å². The summed E-state index contributed by atoms with van der Waals surface area (Å²) in [5, 5.41) is 0. The fraction of sp³-hybridized carbons (Fsp3) is 0.286. The minimum Gasteiger partial charge on any atom is -0.456 e. The molecule has 1 aromatic carbocycles. The van der Waals surface area contributed by atoms with Crippen molar-refractivity contribution in [1.82, 2.24) is 9.55 Å². The van der Waals surface area contributed by atoms with Gasteiger partial charge in [0.25, 0.3) is 0 Å². The van der Waals surface area contributed by atoms with Crippen molar-refractivity contribution >= 4 is 18.4 Å². The van der Waals surface area contributed by atoms with Gasteiger partial charge in [-0.3, -0.25) is 4.79 Å². The van der Waals surface area contributed by atoms with Crippen LogP contribution in [0, 0.1) is 0 Å². The van der Waals surface area contributed by atoms with Gasteiger partial charge in [0.05, 0.1) is 12.9 Å². The van der Waals surface area contributed by atoms with E-state index in [0.29, 0.717) is 13.0 Å². The highest BCUT2D eigenvalue weighted by atomic mass is 35.5. The van der Waals surface area contributed by atoms with Crippen LogP contribution >= 0.6 is 12.4 Å². The summed E-state index contributed by atoms with van der Waals surface area (Å²) in [6.45, 7) is 2.37. The summed E-state index contributed by atoms with van der Waals surface area (Å²) in [6.07, 6.45) is 5.40. The fourth-order valence-corrected chi connectivity index (χ4v) is 1.71. The van der Waals surface area contributed by atoms with E-state index in [1.54, 1.807) is 19.4 Å². The van der Waals surface area contributed by atoms with Crippen molar-refractivity contribution in [3.63, 3.8) is 0 Å². The lowest BCUT2D eigenvalue weighted by Crippen LogP contribution is -2.15. The van der Waals surface area contributed by atoms with Gasteiger partial charge in [0.15, 0.2) is 0 Å². The summed E-state index contributed by atoms with van der Waals surface area (Å²) in [4.78, 5) is 15.5. The first-order chi connectivity index (χ1) is 8.79. The van der Waals surface area contributed by atoms with Crippen LogP contribution in [0.25, 0.3) is 0 Å². The van der Waals surface area contributed by atoms with Gasteiger partial charge >= 0.3 is 5.97 Å². The standard InChI is InChI=1S/C14H16N2O2.ClH/c1-2-14(17)18-13(10-16-9-8-15-11-16)12-6-4-3-5-7-12;/h3-9,11,13H,2,10H2,1H3;1H. The number of nitrogens with zero attached hydrogens (tertiary/aromatic N) is 2. The Labute approximate surface area is 118 Å². The average Bonchev–Trinajstić information content (AvgIpc) is 2.92. The smallest absolute Gasteiger partial charge is 0.306 e. The van der Waals surface area contributed by atoms with Gasteiger partial charge in [0, 0.05) is 18.8 Å². The molecule has 0 bridgehead atoms. The molecular formula is C14H17ClN2O2. The summed E-state index contributed by atoms with van der Waals surface area (Å²) in [5.41, 5.74) is 0.994. The van der Waals surface area contributed by atoms with Crippen LogP contribution in [0.2, 0.25) is 0 Å². The third kappa shape index (κ3) is 4.41. The maximum absolute atomic E-state index is 11.5. The van der Waals surface area contributed by atoms with Crippen LogP contribution in [0.4, 0.5) is 0 Å². The van der Waals surface area contributed by atoms with Crippen LogP contribution in [-0.2, 0) is 16.1 Å². The van der Waals surface area contributed by atoms with E-state index in [1.165, 1.54) is 0 Å². The lowest BCUT2D eigenvalue weighted by Gasteiger charge is -2.18. The van der Waals surface area contributed by atoms with Gasteiger partial charge in [0.1, 0.15) is 6.10 Å². The summed E-state index contributed by atoms with van der Waals surface area (Å²) in [5.74, 6) is -0.191. The Kier molecular flexibility index (Phi) is 6.09. The number of aromatic nitrogens is 2. The third-order valence-electron chi connectivity index (χ3n) is 2.67. The second-order valence-electron chi connectivity index (χ2n) is 4.00. The Morgan fingerprint density at radius 3 is 2.68 bits per heavy atom. The number of carbonyl (C=O) groups excluding carboxylic acids is 1. The number of hydrogen-bond donors (Lipinski definition) is 0. The van der Waals surface area contributed by atoms with Gasteiger partial charge in [-0.1, -0.05) is 37.3 Å². The van der Waals surface area contributed by atoms with E-state index in [2.05, 4.69) is 4.98 Å². The van der Waals surface area contributed by atoms with Gasteiger partial charge in [0.2, 0.25) is 0 Å². The first-order valence-corrected chi connectivity index (χ1v) is 5.99. The molecule has 5 heteroatoms. The molecule has 19 heavy (non-hydrogen) atoms. The molecule has 1 unspecified atom stereocenters. The van der Waals surface area contributed by atoms with Gasteiger partial charge in [-0.2, -0.15) is 0 Å². The topological polar surface area (TPSA) is 44.1 Å². The van der Waals surface area contributed by atoms with Crippen molar-refractivity contribution in [3.8, 4) is 0 Å². The van der Waals surface area contributed by atoms with E-state index in [-0.39, 0.29) is 24.5 Å². The summed E-state index contributed by atoms with van der Waals surface area (Å²) in [7, 11) is 0. The molecule has 1 atom stereocenters. The molecule has 0 aliphatic rings. The van der Waals surface area contributed by atoms with Gasteiger partial charge in [-0.15, -0.1) is 12.4 Å². The molecule has 0 amide bonds. The second-order valence-corrected chi connectivity index (χ2v) is 4.00. The zero-order chi connectivity index (χ0) is 12.8. The largest absolute Gasteiger partial charge is 0.456 e. The predicted octanol–water partition coefficient (Wildman–Crippen LogP) is 3.00. The molecule has 0 aliphatic heterocycles. The zero-order valence-corrected chi connectivity index (χ0v) is 11.5. The second kappa shape index (κ2) is 7.59. The maximum atomic E-state index is 11.5. The molecule has 102 valence electrons.